The fraction of sp³-hybridized carbons (Fsp3) is 0.348. The smallest absolute Gasteiger partial charge is 0.341 e. The first-order valence-corrected chi connectivity index (χ1v) is 9.46. The zero-order valence-electron chi connectivity index (χ0n) is 18.1. The molecule has 2 aromatic rings. The molecule has 2 rings (SSSR count). The predicted molar refractivity (Wildman–Crippen MR) is 113 cm³/mol. The highest BCUT2D eigenvalue weighted by atomic mass is 16.5. The zero-order chi connectivity index (χ0) is 22.5. The van der Waals surface area contributed by atoms with Crippen LogP contribution in [0.15, 0.2) is 42.5 Å². The molecule has 1 N–H and O–H groups in total. The molecular weight excluding hydrogens is 386 g/mol. The van der Waals surface area contributed by atoms with Gasteiger partial charge in [-0.15, -0.1) is 0 Å². The number of ketones is 1. The highest BCUT2D eigenvalue weighted by Crippen LogP contribution is 2.34. The van der Waals surface area contributed by atoms with Gasteiger partial charge in [-0.05, 0) is 6.92 Å². The monoisotopic (exact) mass is 413 g/mol. The van der Waals surface area contributed by atoms with Gasteiger partial charge in [-0.2, -0.15) is 0 Å². The van der Waals surface area contributed by atoms with Crippen molar-refractivity contribution in [1.29, 1.82) is 0 Å². The lowest BCUT2D eigenvalue weighted by Crippen LogP contribution is -2.29. The highest BCUT2D eigenvalue weighted by Gasteiger charge is 2.27. The number of rotatable bonds is 7. The molecule has 1 amide bonds. The molecule has 0 aliphatic rings. The van der Waals surface area contributed by atoms with E-state index in [4.69, 9.17) is 14.2 Å². The first-order chi connectivity index (χ1) is 14.1. The Morgan fingerprint density at radius 1 is 0.933 bits per heavy atom. The van der Waals surface area contributed by atoms with Crippen molar-refractivity contribution in [2.75, 3.05) is 19.5 Å². The summed E-state index contributed by atoms with van der Waals surface area (Å²) < 4.78 is 15.9. The summed E-state index contributed by atoms with van der Waals surface area (Å²) in [5.41, 5.74) is 0.00604. The number of esters is 1. The van der Waals surface area contributed by atoms with Crippen molar-refractivity contribution in [3.8, 4) is 11.5 Å². The van der Waals surface area contributed by atoms with E-state index in [-0.39, 0.29) is 22.9 Å². The van der Waals surface area contributed by atoms with Crippen LogP contribution in [0.5, 0.6) is 11.5 Å². The molecule has 0 saturated carbocycles. The van der Waals surface area contributed by atoms with Crippen LogP contribution in [-0.2, 0) is 9.53 Å². The van der Waals surface area contributed by atoms with Crippen LogP contribution in [0.25, 0.3) is 0 Å². The Bertz CT molecular complexity index is 931. The van der Waals surface area contributed by atoms with Gasteiger partial charge in [0, 0.05) is 23.1 Å². The van der Waals surface area contributed by atoms with Gasteiger partial charge in [-0.3, -0.25) is 9.59 Å². The van der Waals surface area contributed by atoms with Crippen molar-refractivity contribution in [3.63, 3.8) is 0 Å². The number of anilines is 1. The normalized spacial score (nSPS) is 11.9. The van der Waals surface area contributed by atoms with E-state index in [9.17, 15) is 14.4 Å². The topological polar surface area (TPSA) is 90.9 Å². The Morgan fingerprint density at radius 3 is 2.03 bits per heavy atom. The third-order valence-corrected chi connectivity index (χ3v) is 4.38. The molecule has 1 atom stereocenters. The second-order valence-electron chi connectivity index (χ2n) is 7.73. The molecule has 0 radical (unpaired) electrons. The van der Waals surface area contributed by atoms with E-state index >= 15 is 0 Å². The minimum absolute atomic E-state index is 0.0537. The fourth-order valence-electron chi connectivity index (χ4n) is 2.58. The quantitative estimate of drug-likeness (QED) is 0.542. The molecule has 0 fully saturated rings. The van der Waals surface area contributed by atoms with Gasteiger partial charge >= 0.3 is 5.97 Å². The third-order valence-electron chi connectivity index (χ3n) is 4.38. The van der Waals surface area contributed by atoms with Gasteiger partial charge in [0.25, 0.3) is 0 Å². The van der Waals surface area contributed by atoms with Crippen molar-refractivity contribution < 1.29 is 28.6 Å². The molecular formula is C23H27NO6. The molecule has 0 spiro atoms. The molecule has 0 unspecified atom stereocenters. The number of hydrogen-bond donors (Lipinski definition) is 1. The minimum atomic E-state index is -1.01. The van der Waals surface area contributed by atoms with Gasteiger partial charge < -0.3 is 19.5 Å². The van der Waals surface area contributed by atoms with E-state index in [2.05, 4.69) is 5.32 Å². The summed E-state index contributed by atoms with van der Waals surface area (Å²) in [6, 6.07) is 11.5. The molecule has 7 nitrogen and oxygen atoms in total. The number of hydrogen-bond acceptors (Lipinski definition) is 6. The van der Waals surface area contributed by atoms with Gasteiger partial charge in [0.2, 0.25) is 11.7 Å². The Morgan fingerprint density at radius 2 is 1.50 bits per heavy atom. The number of nitrogens with one attached hydrogen (secondary N) is 1. The van der Waals surface area contributed by atoms with Gasteiger partial charge in [0.1, 0.15) is 0 Å². The molecule has 0 aromatic heterocycles. The molecule has 0 heterocycles. The van der Waals surface area contributed by atoms with E-state index in [1.54, 1.807) is 51.1 Å². The molecule has 7 heteroatoms. The van der Waals surface area contributed by atoms with Crippen molar-refractivity contribution in [2.45, 2.75) is 33.8 Å². The van der Waals surface area contributed by atoms with Crippen LogP contribution >= 0.6 is 0 Å². The molecule has 0 aliphatic carbocycles. The Labute approximate surface area is 176 Å². The van der Waals surface area contributed by atoms with Crippen LogP contribution in [0.3, 0.4) is 0 Å². The van der Waals surface area contributed by atoms with Crippen molar-refractivity contribution >= 4 is 23.3 Å². The van der Waals surface area contributed by atoms with E-state index in [1.807, 2.05) is 0 Å². The lowest BCUT2D eigenvalue weighted by atomic mass is 9.95. The first kappa shape index (κ1) is 22.9. The molecule has 0 saturated heterocycles. The summed E-state index contributed by atoms with van der Waals surface area (Å²) in [6.07, 6.45) is -1.01. The van der Waals surface area contributed by atoms with Crippen LogP contribution < -0.4 is 14.8 Å². The zero-order valence-corrected chi connectivity index (χ0v) is 18.1. The summed E-state index contributed by atoms with van der Waals surface area (Å²) in [6.45, 7) is 6.76. The Hall–Kier alpha value is -3.35. The average molecular weight is 413 g/mol. The molecule has 160 valence electrons. The molecule has 0 bridgehead atoms. The number of methoxy groups -OCH3 is 2. The van der Waals surface area contributed by atoms with Crippen molar-refractivity contribution in [2.24, 2.45) is 5.41 Å². The maximum absolute atomic E-state index is 12.9. The van der Waals surface area contributed by atoms with Crippen LogP contribution in [0.2, 0.25) is 0 Å². The lowest BCUT2D eigenvalue weighted by molar-refractivity contribution is -0.123. The highest BCUT2D eigenvalue weighted by molar-refractivity contribution is 6.05. The van der Waals surface area contributed by atoms with Crippen LogP contribution in [0, 0.1) is 5.41 Å². The van der Waals surface area contributed by atoms with E-state index in [0.717, 1.165) is 0 Å². The number of Topliss-reactive ketones (excluding diaryl/α,β-unsaturated/α-hetero) is 1. The summed E-state index contributed by atoms with van der Waals surface area (Å²) in [5, 5.41) is 2.73. The Kier molecular flexibility index (Phi) is 7.21. The van der Waals surface area contributed by atoms with Crippen molar-refractivity contribution in [3.05, 3.63) is 53.6 Å². The summed E-state index contributed by atoms with van der Waals surface area (Å²) in [4.78, 5) is 37.9. The standard InChI is InChI=1S/C23H27NO6/c1-14(20(25)15-10-8-7-9-11-15)30-21(26)16-12-18(28-5)19(29-6)13-17(16)24-22(27)23(2,3)4/h7-14H,1-6H3,(H,24,27)/t14-/m0/s1. The molecule has 0 aliphatic heterocycles. The molecule has 2 aromatic carbocycles. The molecule has 30 heavy (non-hydrogen) atoms. The van der Waals surface area contributed by atoms with Gasteiger partial charge in [0.15, 0.2) is 17.6 Å². The first-order valence-electron chi connectivity index (χ1n) is 9.46. The van der Waals surface area contributed by atoms with Gasteiger partial charge in [0.05, 0.1) is 25.5 Å². The van der Waals surface area contributed by atoms with Crippen molar-refractivity contribution in [1.82, 2.24) is 0 Å². The average Bonchev–Trinajstić information content (AvgIpc) is 2.72. The number of carbonyl (C=O) groups is 3. The second kappa shape index (κ2) is 9.43. The second-order valence-corrected chi connectivity index (χ2v) is 7.73. The van der Waals surface area contributed by atoms with E-state index in [0.29, 0.717) is 17.1 Å². The SMILES string of the molecule is COc1cc(NC(=O)C(C)(C)C)c(C(=O)O[C@@H](C)C(=O)c2ccccc2)cc1OC. The fourth-order valence-corrected chi connectivity index (χ4v) is 2.58. The minimum Gasteiger partial charge on any atom is -0.493 e. The maximum atomic E-state index is 12.9. The van der Waals surface area contributed by atoms with Crippen LogP contribution in [0.1, 0.15) is 48.4 Å². The Balaban J connectivity index is 2.36. The number of carbonyl (C=O) groups excluding carboxylic acids is 3. The summed E-state index contributed by atoms with van der Waals surface area (Å²) in [5.74, 6) is -0.759. The largest absolute Gasteiger partial charge is 0.493 e. The van der Waals surface area contributed by atoms with Crippen LogP contribution in [-0.4, -0.2) is 38.0 Å². The number of amides is 1. The van der Waals surface area contributed by atoms with Crippen LogP contribution in [0.4, 0.5) is 5.69 Å². The summed E-state index contributed by atoms with van der Waals surface area (Å²) >= 11 is 0. The van der Waals surface area contributed by atoms with Gasteiger partial charge in [-0.25, -0.2) is 4.79 Å². The predicted octanol–water partition coefficient (Wildman–Crippen LogP) is 4.12. The maximum Gasteiger partial charge on any atom is 0.341 e. The van der Waals surface area contributed by atoms with Gasteiger partial charge in [-0.1, -0.05) is 51.1 Å². The van der Waals surface area contributed by atoms with E-state index in [1.165, 1.54) is 33.3 Å². The van der Waals surface area contributed by atoms with E-state index < -0.39 is 17.5 Å². The number of ether oxygens (including phenoxy) is 3. The lowest BCUT2D eigenvalue weighted by Gasteiger charge is -2.21. The third kappa shape index (κ3) is 5.37. The summed E-state index contributed by atoms with van der Waals surface area (Å²) in [7, 11) is 2.88. The number of benzene rings is 2.